The van der Waals surface area contributed by atoms with E-state index in [4.69, 9.17) is 16.3 Å². The van der Waals surface area contributed by atoms with Gasteiger partial charge in [0.05, 0.1) is 18.3 Å². The zero-order valence-electron chi connectivity index (χ0n) is 19.3. The highest BCUT2D eigenvalue weighted by atomic mass is 35.5. The van der Waals surface area contributed by atoms with Gasteiger partial charge in [-0.3, -0.25) is 9.69 Å². The number of carbonyl (C=O) groups excluding carboxylic acids is 2. The van der Waals surface area contributed by atoms with Crippen molar-refractivity contribution in [1.29, 1.82) is 0 Å². The molecule has 0 atom stereocenters. The Hall–Kier alpha value is -3.57. The fourth-order valence-electron chi connectivity index (χ4n) is 4.26. The van der Waals surface area contributed by atoms with Crippen LogP contribution >= 0.6 is 11.6 Å². The predicted molar refractivity (Wildman–Crippen MR) is 132 cm³/mol. The number of ether oxygens (including phenoxy) is 1. The number of rotatable bonds is 4. The lowest BCUT2D eigenvalue weighted by Crippen LogP contribution is -2.24. The minimum Gasteiger partial charge on any atom is -0.465 e. The van der Waals surface area contributed by atoms with Gasteiger partial charge in [0, 0.05) is 33.5 Å². The maximum absolute atomic E-state index is 13.5. The molecule has 3 aromatic rings. The van der Waals surface area contributed by atoms with E-state index in [9.17, 15) is 9.59 Å². The van der Waals surface area contributed by atoms with Gasteiger partial charge in [-0.25, -0.2) is 4.79 Å². The summed E-state index contributed by atoms with van der Waals surface area (Å²) in [5.41, 5.74) is 6.82. The molecule has 0 N–H and O–H groups in total. The van der Waals surface area contributed by atoms with Crippen LogP contribution in [0.25, 0.3) is 11.8 Å². The van der Waals surface area contributed by atoms with E-state index in [0.29, 0.717) is 22.0 Å². The van der Waals surface area contributed by atoms with Crippen molar-refractivity contribution in [2.75, 3.05) is 12.0 Å². The van der Waals surface area contributed by atoms with Crippen molar-refractivity contribution in [3.63, 3.8) is 0 Å². The third kappa shape index (κ3) is 4.00. The molecule has 0 aliphatic carbocycles. The number of methoxy groups -OCH3 is 1. The molecule has 1 aromatic heterocycles. The number of nitrogens with zero attached hydrogens (tertiary/aromatic N) is 2. The van der Waals surface area contributed by atoms with Crippen LogP contribution in [0, 0.1) is 20.8 Å². The van der Waals surface area contributed by atoms with Crippen LogP contribution in [0.5, 0.6) is 0 Å². The average Bonchev–Trinajstić information content (AvgIpc) is 3.21. The highest BCUT2D eigenvalue weighted by Gasteiger charge is 2.38. The van der Waals surface area contributed by atoms with Crippen molar-refractivity contribution in [3.8, 4) is 5.69 Å². The molecule has 0 bridgehead atoms. The van der Waals surface area contributed by atoms with E-state index >= 15 is 0 Å². The Bertz CT molecular complexity index is 1310. The lowest BCUT2D eigenvalue weighted by Gasteiger charge is -2.17. The first kappa shape index (κ1) is 22.6. The van der Waals surface area contributed by atoms with Crippen molar-refractivity contribution in [3.05, 3.63) is 99.0 Å². The largest absolute Gasteiger partial charge is 0.465 e. The van der Waals surface area contributed by atoms with E-state index in [1.165, 1.54) is 17.6 Å². The van der Waals surface area contributed by atoms with Gasteiger partial charge in [-0.05, 0) is 81.8 Å². The number of halogens is 1. The average molecular weight is 461 g/mol. The Morgan fingerprint density at radius 3 is 2.15 bits per heavy atom. The molecule has 2 heterocycles. The van der Waals surface area contributed by atoms with Crippen molar-refractivity contribution >= 4 is 35.2 Å². The number of esters is 1. The van der Waals surface area contributed by atoms with Crippen LogP contribution in [0.15, 0.2) is 71.4 Å². The highest BCUT2D eigenvalue weighted by molar-refractivity contribution is 6.30. The van der Waals surface area contributed by atoms with Crippen molar-refractivity contribution in [2.24, 2.45) is 0 Å². The SMILES string of the molecule is COC(=O)C1=C(C)N(c2ccc(Cl)cc2)C(=O)C1=Cc1cc(C)n(-c2ccc(C)cc2)c1C. The van der Waals surface area contributed by atoms with Crippen molar-refractivity contribution in [2.45, 2.75) is 27.7 Å². The monoisotopic (exact) mass is 460 g/mol. The minimum absolute atomic E-state index is 0.262. The summed E-state index contributed by atoms with van der Waals surface area (Å²) >= 11 is 6.02. The van der Waals surface area contributed by atoms with E-state index in [1.807, 2.05) is 19.9 Å². The number of carbonyl (C=O) groups is 2. The molecule has 0 spiro atoms. The molecule has 2 aromatic carbocycles. The first-order valence-corrected chi connectivity index (χ1v) is 11.0. The number of aryl methyl sites for hydroxylation is 2. The van der Waals surface area contributed by atoms with E-state index in [1.54, 1.807) is 37.3 Å². The van der Waals surface area contributed by atoms with Gasteiger partial charge in [-0.2, -0.15) is 0 Å². The normalized spacial score (nSPS) is 15.0. The quantitative estimate of drug-likeness (QED) is 0.358. The van der Waals surface area contributed by atoms with Gasteiger partial charge in [0.25, 0.3) is 5.91 Å². The topological polar surface area (TPSA) is 51.5 Å². The van der Waals surface area contributed by atoms with E-state index in [0.717, 1.165) is 22.6 Å². The summed E-state index contributed by atoms with van der Waals surface area (Å²) in [6.45, 7) is 7.82. The van der Waals surface area contributed by atoms with Crippen LogP contribution < -0.4 is 4.90 Å². The van der Waals surface area contributed by atoms with Gasteiger partial charge < -0.3 is 9.30 Å². The molecule has 1 amide bonds. The Morgan fingerprint density at radius 1 is 0.939 bits per heavy atom. The second kappa shape index (κ2) is 8.75. The van der Waals surface area contributed by atoms with Gasteiger partial charge in [-0.1, -0.05) is 29.3 Å². The van der Waals surface area contributed by atoms with E-state index in [2.05, 4.69) is 35.8 Å². The van der Waals surface area contributed by atoms with E-state index in [-0.39, 0.29) is 11.5 Å². The van der Waals surface area contributed by atoms with Crippen LogP contribution in [0.3, 0.4) is 0 Å². The summed E-state index contributed by atoms with van der Waals surface area (Å²) in [7, 11) is 1.32. The Morgan fingerprint density at radius 2 is 1.55 bits per heavy atom. The fraction of sp³-hybridized carbons (Fsp3) is 0.185. The van der Waals surface area contributed by atoms with Crippen LogP contribution in [0.2, 0.25) is 5.02 Å². The molecule has 5 nitrogen and oxygen atoms in total. The molecule has 4 rings (SSSR count). The van der Waals surface area contributed by atoms with Gasteiger partial charge in [0.1, 0.15) is 0 Å². The summed E-state index contributed by atoms with van der Waals surface area (Å²) in [4.78, 5) is 27.7. The van der Waals surface area contributed by atoms with Gasteiger partial charge in [0.2, 0.25) is 0 Å². The molecule has 0 saturated heterocycles. The first-order chi connectivity index (χ1) is 15.7. The third-order valence-electron chi connectivity index (χ3n) is 5.94. The maximum atomic E-state index is 13.5. The van der Waals surface area contributed by atoms with Crippen LogP contribution in [0.1, 0.15) is 29.4 Å². The summed E-state index contributed by atoms with van der Waals surface area (Å²) < 4.78 is 7.16. The number of allylic oxidation sites excluding steroid dienone is 1. The van der Waals surface area contributed by atoms with Crippen molar-refractivity contribution < 1.29 is 14.3 Å². The number of anilines is 1. The third-order valence-corrected chi connectivity index (χ3v) is 6.19. The molecular weight excluding hydrogens is 436 g/mol. The Labute approximate surface area is 198 Å². The number of hydrogen-bond acceptors (Lipinski definition) is 3. The van der Waals surface area contributed by atoms with Crippen LogP contribution in [0.4, 0.5) is 5.69 Å². The Kier molecular flexibility index (Phi) is 6.00. The molecular formula is C27H25ClN2O3. The summed E-state index contributed by atoms with van der Waals surface area (Å²) in [6.07, 6.45) is 1.78. The maximum Gasteiger partial charge on any atom is 0.340 e. The number of hydrogen-bond donors (Lipinski definition) is 0. The molecule has 33 heavy (non-hydrogen) atoms. The number of benzene rings is 2. The standard InChI is InChI=1S/C27H25ClN2O3/c1-16-6-10-22(11-7-16)29-17(2)14-20(18(29)3)15-24-25(27(32)33-5)19(4)30(26(24)31)23-12-8-21(28)9-13-23/h6-15H,1-5H3. The number of aromatic nitrogens is 1. The predicted octanol–water partition coefficient (Wildman–Crippen LogP) is 5.93. The zero-order chi connectivity index (χ0) is 23.9. The van der Waals surface area contributed by atoms with Gasteiger partial charge in [0.15, 0.2) is 0 Å². The molecule has 6 heteroatoms. The highest BCUT2D eigenvalue weighted by Crippen LogP contribution is 2.36. The second-order valence-electron chi connectivity index (χ2n) is 8.12. The minimum atomic E-state index is -0.545. The molecule has 0 unspecified atom stereocenters. The molecule has 0 saturated carbocycles. The van der Waals surface area contributed by atoms with Crippen LogP contribution in [-0.2, 0) is 14.3 Å². The summed E-state index contributed by atoms with van der Waals surface area (Å²) in [5, 5.41) is 0.569. The van der Waals surface area contributed by atoms with E-state index < -0.39 is 5.97 Å². The number of amides is 1. The van der Waals surface area contributed by atoms with Gasteiger partial charge in [-0.15, -0.1) is 0 Å². The van der Waals surface area contributed by atoms with Gasteiger partial charge >= 0.3 is 5.97 Å². The lowest BCUT2D eigenvalue weighted by molar-refractivity contribution is -0.136. The second-order valence-corrected chi connectivity index (χ2v) is 8.56. The summed E-state index contributed by atoms with van der Waals surface area (Å²) in [5.74, 6) is -0.828. The lowest BCUT2D eigenvalue weighted by atomic mass is 10.0. The summed E-state index contributed by atoms with van der Waals surface area (Å²) in [6, 6.07) is 17.2. The molecule has 0 radical (unpaired) electrons. The molecule has 168 valence electrons. The first-order valence-electron chi connectivity index (χ1n) is 10.6. The Balaban J connectivity index is 1.84. The van der Waals surface area contributed by atoms with Crippen LogP contribution in [-0.4, -0.2) is 23.6 Å². The zero-order valence-corrected chi connectivity index (χ0v) is 20.0. The molecule has 1 aliphatic rings. The van der Waals surface area contributed by atoms with Crippen molar-refractivity contribution in [1.82, 2.24) is 4.57 Å². The molecule has 0 fully saturated rings. The smallest absolute Gasteiger partial charge is 0.340 e. The molecule has 1 aliphatic heterocycles. The fourth-order valence-corrected chi connectivity index (χ4v) is 4.39.